The minimum absolute atomic E-state index is 0.0411. The summed E-state index contributed by atoms with van der Waals surface area (Å²) in [5.74, 6) is -0.125. The Bertz CT molecular complexity index is 540. The fraction of sp³-hybridized carbons (Fsp3) is 0.467. The number of nitrogens with one attached hydrogen (secondary N) is 1. The predicted molar refractivity (Wildman–Crippen MR) is 78.3 cm³/mol. The molecule has 0 saturated carbocycles. The summed E-state index contributed by atoms with van der Waals surface area (Å²) in [6.07, 6.45) is 0.653. The summed E-state index contributed by atoms with van der Waals surface area (Å²) >= 11 is 0. The number of carbonyl (C=O) groups excluding carboxylic acids is 2. The number of nitrogens with zero attached hydrogens (tertiary/aromatic N) is 1. The molecule has 1 amide bonds. The molecule has 2 N–H and O–H groups in total. The molecule has 1 aromatic rings. The van der Waals surface area contributed by atoms with Gasteiger partial charge < -0.3 is 20.1 Å². The van der Waals surface area contributed by atoms with Crippen molar-refractivity contribution in [3.8, 4) is 5.75 Å². The highest BCUT2D eigenvalue weighted by molar-refractivity contribution is 5.89. The third kappa shape index (κ3) is 3.72. The van der Waals surface area contributed by atoms with Gasteiger partial charge in [0.25, 0.3) is 0 Å². The van der Waals surface area contributed by atoms with Crippen LogP contribution in [0.1, 0.15) is 18.9 Å². The molecule has 2 rings (SSSR count). The number of fused-ring (bicyclic) bond motifs is 1. The van der Waals surface area contributed by atoms with Gasteiger partial charge in [0.2, 0.25) is 5.91 Å². The van der Waals surface area contributed by atoms with E-state index in [2.05, 4.69) is 5.32 Å². The molecule has 114 valence electrons. The quantitative estimate of drug-likeness (QED) is 0.614. The largest absolute Gasteiger partial charge is 0.423 e. The van der Waals surface area contributed by atoms with Crippen molar-refractivity contribution in [2.45, 2.75) is 26.3 Å². The number of benzene rings is 1. The average Bonchev–Trinajstić information content (AvgIpc) is 2.43. The maximum absolute atomic E-state index is 12.0. The van der Waals surface area contributed by atoms with Crippen LogP contribution < -0.4 is 15.0 Å². The summed E-state index contributed by atoms with van der Waals surface area (Å²) < 4.78 is 5.20. The van der Waals surface area contributed by atoms with Crippen LogP contribution in [0.5, 0.6) is 5.75 Å². The van der Waals surface area contributed by atoms with Gasteiger partial charge in [0, 0.05) is 0 Å². The standard InChI is InChI=1S/C15H20N2O4/c1-3-11(9-18)16-14(19)7-17-8-15(20)21-13-6-10(2)4-5-12(13)17/h4-6,11,18H,3,7-9H2,1-2H3,(H,16,19). The Morgan fingerprint density at radius 2 is 2.29 bits per heavy atom. The summed E-state index contributed by atoms with van der Waals surface area (Å²) in [5.41, 5.74) is 1.71. The van der Waals surface area contributed by atoms with Gasteiger partial charge in [-0.3, -0.25) is 4.79 Å². The minimum Gasteiger partial charge on any atom is -0.423 e. The number of carbonyl (C=O) groups is 2. The lowest BCUT2D eigenvalue weighted by Gasteiger charge is -2.30. The van der Waals surface area contributed by atoms with Crippen molar-refractivity contribution in [2.75, 3.05) is 24.6 Å². The molecule has 1 atom stereocenters. The van der Waals surface area contributed by atoms with E-state index in [-0.39, 0.29) is 37.6 Å². The fourth-order valence-corrected chi connectivity index (χ4v) is 2.22. The Labute approximate surface area is 123 Å². The van der Waals surface area contributed by atoms with E-state index in [1.165, 1.54) is 0 Å². The van der Waals surface area contributed by atoms with Crippen LogP contribution >= 0.6 is 0 Å². The predicted octanol–water partition coefficient (Wildman–Crippen LogP) is 0.608. The Kier molecular flexibility index (Phi) is 4.80. The van der Waals surface area contributed by atoms with Gasteiger partial charge >= 0.3 is 5.97 Å². The molecule has 1 unspecified atom stereocenters. The third-order valence-electron chi connectivity index (χ3n) is 3.41. The molecule has 6 nitrogen and oxygen atoms in total. The monoisotopic (exact) mass is 292 g/mol. The van der Waals surface area contributed by atoms with Crippen molar-refractivity contribution in [1.29, 1.82) is 0 Å². The van der Waals surface area contributed by atoms with Crippen LogP contribution in [0.3, 0.4) is 0 Å². The number of rotatable bonds is 5. The van der Waals surface area contributed by atoms with Crippen LogP contribution in [0.25, 0.3) is 0 Å². The molecule has 1 aliphatic heterocycles. The molecular weight excluding hydrogens is 272 g/mol. The fourth-order valence-electron chi connectivity index (χ4n) is 2.22. The number of aliphatic hydroxyl groups is 1. The summed E-state index contributed by atoms with van der Waals surface area (Å²) in [6, 6.07) is 5.27. The SMILES string of the molecule is CCC(CO)NC(=O)CN1CC(=O)Oc2cc(C)ccc21. The van der Waals surface area contributed by atoms with Gasteiger partial charge in [0.1, 0.15) is 6.54 Å². The van der Waals surface area contributed by atoms with Crippen molar-refractivity contribution in [3.63, 3.8) is 0 Å². The molecule has 1 aliphatic rings. The van der Waals surface area contributed by atoms with Crippen LogP contribution in [-0.4, -0.2) is 42.7 Å². The molecule has 21 heavy (non-hydrogen) atoms. The zero-order chi connectivity index (χ0) is 15.4. The zero-order valence-electron chi connectivity index (χ0n) is 12.3. The van der Waals surface area contributed by atoms with Crippen molar-refractivity contribution < 1.29 is 19.4 Å². The van der Waals surface area contributed by atoms with Crippen molar-refractivity contribution >= 4 is 17.6 Å². The summed E-state index contributed by atoms with van der Waals surface area (Å²) in [5, 5.41) is 11.8. The van der Waals surface area contributed by atoms with E-state index in [9.17, 15) is 9.59 Å². The van der Waals surface area contributed by atoms with E-state index >= 15 is 0 Å². The van der Waals surface area contributed by atoms with Gasteiger partial charge in [-0.2, -0.15) is 0 Å². The van der Waals surface area contributed by atoms with Gasteiger partial charge in [-0.25, -0.2) is 4.79 Å². The molecule has 0 spiro atoms. The molecule has 0 aromatic heterocycles. The molecule has 1 aromatic carbocycles. The highest BCUT2D eigenvalue weighted by Gasteiger charge is 2.26. The molecule has 6 heteroatoms. The molecule has 0 bridgehead atoms. The number of anilines is 1. The lowest BCUT2D eigenvalue weighted by Crippen LogP contribution is -2.46. The van der Waals surface area contributed by atoms with Crippen LogP contribution in [0.4, 0.5) is 5.69 Å². The van der Waals surface area contributed by atoms with E-state index in [4.69, 9.17) is 9.84 Å². The van der Waals surface area contributed by atoms with Crippen LogP contribution in [0.15, 0.2) is 18.2 Å². The molecule has 0 saturated heterocycles. The van der Waals surface area contributed by atoms with E-state index in [1.807, 2.05) is 26.0 Å². The normalized spacial score (nSPS) is 15.2. The first-order valence-corrected chi connectivity index (χ1v) is 7.00. The Morgan fingerprint density at radius 1 is 1.52 bits per heavy atom. The number of aliphatic hydroxyl groups excluding tert-OH is 1. The second kappa shape index (κ2) is 6.58. The van der Waals surface area contributed by atoms with E-state index < -0.39 is 0 Å². The van der Waals surface area contributed by atoms with E-state index in [0.29, 0.717) is 12.2 Å². The molecule has 0 radical (unpaired) electrons. The molecule has 1 heterocycles. The van der Waals surface area contributed by atoms with Crippen LogP contribution in [0.2, 0.25) is 0 Å². The lowest BCUT2D eigenvalue weighted by molar-refractivity contribution is -0.133. The Balaban J connectivity index is 2.10. The maximum Gasteiger partial charge on any atom is 0.331 e. The number of esters is 1. The van der Waals surface area contributed by atoms with Gasteiger partial charge in [0.15, 0.2) is 5.75 Å². The molecule has 0 aliphatic carbocycles. The number of hydrogen-bond donors (Lipinski definition) is 2. The van der Waals surface area contributed by atoms with Gasteiger partial charge in [-0.1, -0.05) is 13.0 Å². The summed E-state index contributed by atoms with van der Waals surface area (Å²) in [6.45, 7) is 3.80. The topological polar surface area (TPSA) is 78.9 Å². The summed E-state index contributed by atoms with van der Waals surface area (Å²) in [4.78, 5) is 25.3. The minimum atomic E-state index is -0.380. The maximum atomic E-state index is 12.0. The van der Waals surface area contributed by atoms with Gasteiger partial charge in [0.05, 0.1) is 24.9 Å². The van der Waals surface area contributed by atoms with Crippen molar-refractivity contribution in [2.24, 2.45) is 0 Å². The Hall–Kier alpha value is -2.08. The second-order valence-electron chi connectivity index (χ2n) is 5.16. The lowest BCUT2D eigenvalue weighted by atomic mass is 10.1. The highest BCUT2D eigenvalue weighted by atomic mass is 16.5. The first-order valence-electron chi connectivity index (χ1n) is 7.00. The highest BCUT2D eigenvalue weighted by Crippen LogP contribution is 2.32. The number of amides is 1. The average molecular weight is 292 g/mol. The number of ether oxygens (including phenoxy) is 1. The van der Waals surface area contributed by atoms with Gasteiger partial charge in [-0.05, 0) is 31.0 Å². The van der Waals surface area contributed by atoms with Gasteiger partial charge in [-0.15, -0.1) is 0 Å². The van der Waals surface area contributed by atoms with Crippen molar-refractivity contribution in [3.05, 3.63) is 23.8 Å². The smallest absolute Gasteiger partial charge is 0.331 e. The third-order valence-corrected chi connectivity index (χ3v) is 3.41. The van der Waals surface area contributed by atoms with Crippen molar-refractivity contribution in [1.82, 2.24) is 5.32 Å². The first kappa shape index (κ1) is 15.3. The van der Waals surface area contributed by atoms with Crippen LogP contribution in [0, 0.1) is 6.92 Å². The van der Waals surface area contributed by atoms with Crippen LogP contribution in [-0.2, 0) is 9.59 Å². The number of hydrogen-bond acceptors (Lipinski definition) is 5. The Morgan fingerprint density at radius 3 is 2.95 bits per heavy atom. The molecular formula is C15H20N2O4. The number of aryl methyl sites for hydroxylation is 1. The molecule has 0 fully saturated rings. The summed E-state index contributed by atoms with van der Waals surface area (Å²) in [7, 11) is 0. The second-order valence-corrected chi connectivity index (χ2v) is 5.16. The first-order chi connectivity index (χ1) is 10.0. The van der Waals surface area contributed by atoms with E-state index in [0.717, 1.165) is 11.3 Å². The van der Waals surface area contributed by atoms with E-state index in [1.54, 1.807) is 11.0 Å². The zero-order valence-corrected chi connectivity index (χ0v) is 12.3.